The lowest BCUT2D eigenvalue weighted by atomic mass is 10.0. The molecule has 0 aromatic heterocycles. The molecule has 8 heavy (non-hydrogen) atoms. The molecule has 1 atom stereocenters. The maximum Gasteiger partial charge on any atom is 0.0546 e. The van der Waals surface area contributed by atoms with Crippen molar-refractivity contribution >= 4 is 0 Å². The highest BCUT2D eigenvalue weighted by Crippen LogP contribution is 2.20. The van der Waals surface area contributed by atoms with Crippen LogP contribution in [0, 0.1) is 5.92 Å². The highest BCUT2D eigenvalue weighted by molar-refractivity contribution is 4.95. The second-order valence-electron chi connectivity index (χ2n) is 2.44. The average molecular weight is 112 g/mol. The van der Waals surface area contributed by atoms with E-state index in [1.54, 1.807) is 0 Å². The zero-order chi connectivity index (χ0) is 5.98. The molecule has 0 amide bonds. The summed E-state index contributed by atoms with van der Waals surface area (Å²) in [6, 6.07) is 0. The van der Waals surface area contributed by atoms with Gasteiger partial charge in [0.2, 0.25) is 0 Å². The number of aliphatic hydroxyl groups is 1. The van der Waals surface area contributed by atoms with Gasteiger partial charge in [-0.3, -0.25) is 0 Å². The zero-order valence-electron chi connectivity index (χ0n) is 5.17. The SMILES string of the molecule is CC(O)C1CC=CC1. The molecule has 1 rings (SSSR count). The minimum absolute atomic E-state index is 0.120. The Hall–Kier alpha value is -0.300. The van der Waals surface area contributed by atoms with Crippen LogP contribution in [0.25, 0.3) is 0 Å². The van der Waals surface area contributed by atoms with E-state index < -0.39 is 0 Å². The van der Waals surface area contributed by atoms with Gasteiger partial charge in [-0.25, -0.2) is 0 Å². The smallest absolute Gasteiger partial charge is 0.0546 e. The topological polar surface area (TPSA) is 20.2 Å². The third-order valence-electron chi connectivity index (χ3n) is 1.73. The first-order valence-electron chi connectivity index (χ1n) is 3.14. The van der Waals surface area contributed by atoms with Gasteiger partial charge in [-0.05, 0) is 25.7 Å². The lowest BCUT2D eigenvalue weighted by molar-refractivity contribution is 0.132. The first kappa shape index (κ1) is 5.83. The summed E-state index contributed by atoms with van der Waals surface area (Å²) in [6.07, 6.45) is 6.29. The van der Waals surface area contributed by atoms with E-state index in [1.165, 1.54) is 0 Å². The molecule has 0 radical (unpaired) electrons. The van der Waals surface area contributed by atoms with Crippen molar-refractivity contribution in [2.45, 2.75) is 25.9 Å². The Morgan fingerprint density at radius 2 is 2.00 bits per heavy atom. The van der Waals surface area contributed by atoms with Crippen LogP contribution in [0.4, 0.5) is 0 Å². The van der Waals surface area contributed by atoms with Crippen molar-refractivity contribution in [1.82, 2.24) is 0 Å². The van der Waals surface area contributed by atoms with Crippen molar-refractivity contribution in [2.24, 2.45) is 5.92 Å². The van der Waals surface area contributed by atoms with Gasteiger partial charge in [0.15, 0.2) is 0 Å². The maximum absolute atomic E-state index is 9.01. The van der Waals surface area contributed by atoms with Crippen LogP contribution in [0.1, 0.15) is 19.8 Å². The van der Waals surface area contributed by atoms with Crippen LogP contribution in [0.3, 0.4) is 0 Å². The van der Waals surface area contributed by atoms with Crippen LogP contribution in [-0.2, 0) is 0 Å². The van der Waals surface area contributed by atoms with Crippen molar-refractivity contribution in [3.8, 4) is 0 Å². The quantitative estimate of drug-likeness (QED) is 0.507. The molecule has 1 unspecified atom stereocenters. The zero-order valence-corrected chi connectivity index (χ0v) is 5.17. The van der Waals surface area contributed by atoms with Crippen LogP contribution in [-0.4, -0.2) is 11.2 Å². The highest BCUT2D eigenvalue weighted by Gasteiger charge is 2.14. The summed E-state index contributed by atoms with van der Waals surface area (Å²) >= 11 is 0. The Morgan fingerprint density at radius 1 is 1.50 bits per heavy atom. The Bertz CT molecular complexity index is 86.6. The Morgan fingerprint density at radius 3 is 2.25 bits per heavy atom. The Kier molecular flexibility index (Phi) is 1.69. The molecular formula is C7H12O. The lowest BCUT2D eigenvalue weighted by Gasteiger charge is -2.10. The van der Waals surface area contributed by atoms with Gasteiger partial charge >= 0.3 is 0 Å². The van der Waals surface area contributed by atoms with E-state index in [0.717, 1.165) is 12.8 Å². The third kappa shape index (κ3) is 1.10. The van der Waals surface area contributed by atoms with Gasteiger partial charge in [-0.1, -0.05) is 12.2 Å². The van der Waals surface area contributed by atoms with E-state index in [1.807, 2.05) is 6.92 Å². The molecule has 1 aliphatic rings. The first-order chi connectivity index (χ1) is 3.80. The summed E-state index contributed by atoms with van der Waals surface area (Å²) in [4.78, 5) is 0. The summed E-state index contributed by atoms with van der Waals surface area (Å²) < 4.78 is 0. The second-order valence-corrected chi connectivity index (χ2v) is 2.44. The molecule has 0 aliphatic heterocycles. The predicted molar refractivity (Wildman–Crippen MR) is 33.5 cm³/mol. The minimum Gasteiger partial charge on any atom is -0.393 e. The van der Waals surface area contributed by atoms with Gasteiger partial charge in [0.1, 0.15) is 0 Å². The standard InChI is InChI=1S/C7H12O/c1-6(8)7-4-2-3-5-7/h2-3,6-8H,4-5H2,1H3. The maximum atomic E-state index is 9.01. The van der Waals surface area contributed by atoms with Gasteiger partial charge in [-0.2, -0.15) is 0 Å². The molecule has 0 saturated heterocycles. The fraction of sp³-hybridized carbons (Fsp3) is 0.714. The number of hydrogen-bond acceptors (Lipinski definition) is 1. The van der Waals surface area contributed by atoms with Crippen molar-refractivity contribution in [3.05, 3.63) is 12.2 Å². The van der Waals surface area contributed by atoms with E-state index in [2.05, 4.69) is 12.2 Å². The minimum atomic E-state index is -0.120. The number of hydrogen-bond donors (Lipinski definition) is 1. The van der Waals surface area contributed by atoms with Gasteiger partial charge < -0.3 is 5.11 Å². The Balaban J connectivity index is 2.29. The van der Waals surface area contributed by atoms with Gasteiger partial charge in [0.05, 0.1) is 6.10 Å². The van der Waals surface area contributed by atoms with E-state index in [-0.39, 0.29) is 6.10 Å². The van der Waals surface area contributed by atoms with Crippen molar-refractivity contribution in [2.75, 3.05) is 0 Å². The molecular weight excluding hydrogens is 100 g/mol. The second kappa shape index (κ2) is 2.31. The molecule has 0 spiro atoms. The van der Waals surface area contributed by atoms with Crippen LogP contribution in [0.5, 0.6) is 0 Å². The normalized spacial score (nSPS) is 24.2. The summed E-state index contributed by atoms with van der Waals surface area (Å²) in [5, 5.41) is 9.01. The number of allylic oxidation sites excluding steroid dienone is 2. The molecule has 0 saturated carbocycles. The molecule has 1 nitrogen and oxygen atoms in total. The van der Waals surface area contributed by atoms with Gasteiger partial charge in [0.25, 0.3) is 0 Å². The summed E-state index contributed by atoms with van der Waals surface area (Å²) in [5.74, 6) is 0.509. The predicted octanol–water partition coefficient (Wildman–Crippen LogP) is 1.33. The fourth-order valence-corrected chi connectivity index (χ4v) is 1.03. The lowest BCUT2D eigenvalue weighted by Crippen LogP contribution is -2.12. The van der Waals surface area contributed by atoms with Crippen LogP contribution < -0.4 is 0 Å². The first-order valence-corrected chi connectivity index (χ1v) is 3.14. The van der Waals surface area contributed by atoms with Crippen molar-refractivity contribution < 1.29 is 5.11 Å². The fourth-order valence-electron chi connectivity index (χ4n) is 1.03. The van der Waals surface area contributed by atoms with E-state index in [4.69, 9.17) is 5.11 Å². The molecule has 46 valence electrons. The van der Waals surface area contributed by atoms with Crippen molar-refractivity contribution in [1.29, 1.82) is 0 Å². The third-order valence-corrected chi connectivity index (χ3v) is 1.73. The monoisotopic (exact) mass is 112 g/mol. The van der Waals surface area contributed by atoms with Crippen molar-refractivity contribution in [3.63, 3.8) is 0 Å². The average Bonchev–Trinajstić information content (AvgIpc) is 2.12. The molecule has 0 bridgehead atoms. The molecule has 0 aromatic rings. The molecule has 1 heteroatoms. The molecule has 0 aromatic carbocycles. The van der Waals surface area contributed by atoms with Gasteiger partial charge in [0, 0.05) is 0 Å². The summed E-state index contributed by atoms with van der Waals surface area (Å²) in [7, 11) is 0. The largest absolute Gasteiger partial charge is 0.393 e. The van der Waals surface area contributed by atoms with Gasteiger partial charge in [-0.15, -0.1) is 0 Å². The number of rotatable bonds is 1. The van der Waals surface area contributed by atoms with E-state index in [9.17, 15) is 0 Å². The Labute approximate surface area is 50.0 Å². The molecule has 0 fully saturated rings. The van der Waals surface area contributed by atoms with E-state index >= 15 is 0 Å². The highest BCUT2D eigenvalue weighted by atomic mass is 16.3. The summed E-state index contributed by atoms with van der Waals surface area (Å²) in [5.41, 5.74) is 0. The summed E-state index contributed by atoms with van der Waals surface area (Å²) in [6.45, 7) is 1.86. The van der Waals surface area contributed by atoms with E-state index in [0.29, 0.717) is 5.92 Å². The number of aliphatic hydroxyl groups excluding tert-OH is 1. The molecule has 1 aliphatic carbocycles. The van der Waals surface area contributed by atoms with Crippen LogP contribution in [0.15, 0.2) is 12.2 Å². The molecule has 1 N–H and O–H groups in total. The van der Waals surface area contributed by atoms with Crippen LogP contribution >= 0.6 is 0 Å². The van der Waals surface area contributed by atoms with Crippen LogP contribution in [0.2, 0.25) is 0 Å². The molecule has 0 heterocycles.